The summed E-state index contributed by atoms with van der Waals surface area (Å²) >= 11 is 0. The lowest BCUT2D eigenvalue weighted by molar-refractivity contribution is 0.0895. The quantitative estimate of drug-likeness (QED) is 0.504. The number of fused-ring (bicyclic) bond motifs is 10. The monoisotopic (exact) mass is 287 g/mol. The first-order valence-corrected chi connectivity index (χ1v) is 10.2. The Balaban J connectivity index is 1.59. The average molecular weight is 288 g/mol. The summed E-state index contributed by atoms with van der Waals surface area (Å²) < 4.78 is 0. The van der Waals surface area contributed by atoms with Gasteiger partial charge >= 0.3 is 0 Å². The Kier molecular flexibility index (Phi) is 4.34. The van der Waals surface area contributed by atoms with Crippen LogP contribution in [0, 0.1) is 29.1 Å². The molecule has 4 bridgehead atoms. The van der Waals surface area contributed by atoms with Crippen molar-refractivity contribution in [3.8, 4) is 0 Å². The van der Waals surface area contributed by atoms with E-state index in [1.54, 1.807) is 77.0 Å². The minimum absolute atomic E-state index is 0.764. The fraction of sp³-hybridized carbons (Fsp3) is 0.952. The molecule has 0 aromatic rings. The summed E-state index contributed by atoms with van der Waals surface area (Å²) in [6.07, 6.45) is 24.9. The molecule has 0 spiro atoms. The molecule has 5 aliphatic carbocycles. The maximum absolute atomic E-state index is 2.05. The van der Waals surface area contributed by atoms with Crippen molar-refractivity contribution >= 4 is 0 Å². The van der Waals surface area contributed by atoms with Crippen molar-refractivity contribution in [2.24, 2.45) is 23.2 Å². The SMILES string of the molecule is C1C[C]2CCCC(C1)CCC2C12CCCC(CCC1)CC2. The fourth-order valence-corrected chi connectivity index (χ4v) is 6.80. The van der Waals surface area contributed by atoms with Gasteiger partial charge in [0.1, 0.15) is 0 Å². The normalized spacial score (nSPS) is 45.4. The van der Waals surface area contributed by atoms with Crippen LogP contribution < -0.4 is 0 Å². The lowest BCUT2D eigenvalue weighted by Crippen LogP contribution is -2.36. The lowest BCUT2D eigenvalue weighted by Gasteiger charge is -2.47. The Morgan fingerprint density at radius 1 is 0.571 bits per heavy atom. The zero-order valence-electron chi connectivity index (χ0n) is 14.0. The second-order valence-corrected chi connectivity index (χ2v) is 8.99. The van der Waals surface area contributed by atoms with Crippen molar-refractivity contribution in [2.75, 3.05) is 0 Å². The van der Waals surface area contributed by atoms with Gasteiger partial charge in [0.05, 0.1) is 0 Å². The second kappa shape index (κ2) is 6.25. The van der Waals surface area contributed by atoms with E-state index in [0.717, 1.165) is 23.2 Å². The molecule has 5 rings (SSSR count). The van der Waals surface area contributed by atoms with Crippen LogP contribution in [-0.2, 0) is 0 Å². The molecule has 0 aromatic carbocycles. The Labute approximate surface area is 132 Å². The molecule has 0 aliphatic heterocycles. The van der Waals surface area contributed by atoms with E-state index in [1.165, 1.54) is 25.7 Å². The van der Waals surface area contributed by atoms with Gasteiger partial charge in [-0.05, 0) is 74.0 Å². The second-order valence-electron chi connectivity index (χ2n) is 8.99. The molecule has 0 N–H and O–H groups in total. The van der Waals surface area contributed by atoms with E-state index < -0.39 is 0 Å². The predicted octanol–water partition coefficient (Wildman–Crippen LogP) is 6.69. The fourth-order valence-electron chi connectivity index (χ4n) is 6.80. The molecule has 0 saturated heterocycles. The van der Waals surface area contributed by atoms with Crippen LogP contribution in [0.2, 0.25) is 0 Å². The van der Waals surface area contributed by atoms with Crippen molar-refractivity contribution in [1.82, 2.24) is 0 Å². The van der Waals surface area contributed by atoms with Crippen molar-refractivity contribution < 1.29 is 0 Å². The summed E-state index contributed by atoms with van der Waals surface area (Å²) in [5.74, 6) is 5.29. The number of hydrogen-bond acceptors (Lipinski definition) is 0. The van der Waals surface area contributed by atoms with E-state index in [4.69, 9.17) is 0 Å². The minimum Gasteiger partial charge on any atom is -0.0525 e. The Bertz CT molecular complexity index is 324. The molecule has 1 unspecified atom stereocenters. The highest BCUT2D eigenvalue weighted by molar-refractivity contribution is 5.08. The predicted molar refractivity (Wildman–Crippen MR) is 90.0 cm³/mol. The standard InChI is InChI=1S/C21H35/c1-5-17-6-2-10-19(9-1)20(12-11-17)21-14-3-7-18(13-16-21)8-4-15-21/h17-18,20H,1-16H2. The first kappa shape index (κ1) is 14.6. The van der Waals surface area contributed by atoms with E-state index in [-0.39, 0.29) is 0 Å². The summed E-state index contributed by atoms with van der Waals surface area (Å²) in [5.41, 5.74) is 0.764. The van der Waals surface area contributed by atoms with Crippen molar-refractivity contribution in [2.45, 2.75) is 103 Å². The summed E-state index contributed by atoms with van der Waals surface area (Å²) in [6, 6.07) is 0. The summed E-state index contributed by atoms with van der Waals surface area (Å²) in [4.78, 5) is 0. The Morgan fingerprint density at radius 2 is 1.19 bits per heavy atom. The highest BCUT2D eigenvalue weighted by Crippen LogP contribution is 2.57. The molecule has 0 aromatic heterocycles. The van der Waals surface area contributed by atoms with Crippen LogP contribution in [0.5, 0.6) is 0 Å². The van der Waals surface area contributed by atoms with E-state index in [2.05, 4.69) is 0 Å². The molecular formula is C21H35. The highest BCUT2D eigenvalue weighted by Gasteiger charge is 2.45. The molecule has 0 nitrogen and oxygen atoms in total. The Hall–Kier alpha value is 0. The first-order chi connectivity index (χ1) is 10.4. The third-order valence-electron chi connectivity index (χ3n) is 7.94. The molecule has 119 valence electrons. The van der Waals surface area contributed by atoms with Gasteiger partial charge in [0.25, 0.3) is 0 Å². The molecule has 0 heteroatoms. The van der Waals surface area contributed by atoms with Gasteiger partial charge in [-0.15, -0.1) is 0 Å². The minimum atomic E-state index is 0.764. The van der Waals surface area contributed by atoms with Crippen LogP contribution in [0.1, 0.15) is 103 Å². The number of hydrogen-bond donors (Lipinski definition) is 0. The summed E-state index contributed by atoms with van der Waals surface area (Å²) in [6.45, 7) is 0. The smallest absolute Gasteiger partial charge is 0.0205 e. The van der Waals surface area contributed by atoms with Crippen molar-refractivity contribution in [1.29, 1.82) is 0 Å². The van der Waals surface area contributed by atoms with Crippen LogP contribution in [0.15, 0.2) is 0 Å². The summed E-state index contributed by atoms with van der Waals surface area (Å²) in [7, 11) is 0. The average Bonchev–Trinajstić information content (AvgIpc) is 2.70. The van der Waals surface area contributed by atoms with Crippen LogP contribution in [-0.4, -0.2) is 0 Å². The first-order valence-electron chi connectivity index (χ1n) is 10.2. The molecule has 5 fully saturated rings. The van der Waals surface area contributed by atoms with Crippen LogP contribution in [0.4, 0.5) is 0 Å². The molecule has 1 atom stereocenters. The van der Waals surface area contributed by atoms with Gasteiger partial charge in [-0.3, -0.25) is 0 Å². The summed E-state index contributed by atoms with van der Waals surface area (Å²) in [5, 5.41) is 0. The number of rotatable bonds is 1. The molecule has 21 heavy (non-hydrogen) atoms. The van der Waals surface area contributed by atoms with Crippen LogP contribution in [0.3, 0.4) is 0 Å². The van der Waals surface area contributed by atoms with Crippen molar-refractivity contribution in [3.63, 3.8) is 0 Å². The third kappa shape index (κ3) is 2.93. The zero-order valence-corrected chi connectivity index (χ0v) is 14.0. The van der Waals surface area contributed by atoms with E-state index >= 15 is 0 Å². The van der Waals surface area contributed by atoms with Gasteiger partial charge in [0.15, 0.2) is 0 Å². The van der Waals surface area contributed by atoms with Gasteiger partial charge in [-0.25, -0.2) is 0 Å². The maximum Gasteiger partial charge on any atom is -0.0205 e. The topological polar surface area (TPSA) is 0 Å². The van der Waals surface area contributed by atoms with Gasteiger partial charge < -0.3 is 0 Å². The zero-order chi connectivity index (χ0) is 14.1. The molecule has 5 aliphatic rings. The van der Waals surface area contributed by atoms with Gasteiger partial charge in [0, 0.05) is 0 Å². The van der Waals surface area contributed by atoms with Crippen LogP contribution in [0.25, 0.3) is 0 Å². The van der Waals surface area contributed by atoms with Crippen molar-refractivity contribution in [3.05, 3.63) is 5.92 Å². The van der Waals surface area contributed by atoms with E-state index in [9.17, 15) is 0 Å². The maximum atomic E-state index is 2.05. The highest BCUT2D eigenvalue weighted by atomic mass is 14.5. The van der Waals surface area contributed by atoms with Gasteiger partial charge in [0.2, 0.25) is 0 Å². The molecule has 0 heterocycles. The van der Waals surface area contributed by atoms with Crippen LogP contribution >= 0.6 is 0 Å². The molecule has 1 radical (unpaired) electrons. The van der Waals surface area contributed by atoms with Gasteiger partial charge in [-0.1, -0.05) is 57.8 Å². The molecule has 0 amide bonds. The largest absolute Gasteiger partial charge is 0.0525 e. The lowest BCUT2D eigenvalue weighted by atomic mass is 9.58. The molecular weight excluding hydrogens is 252 g/mol. The molecule has 5 saturated carbocycles. The van der Waals surface area contributed by atoms with E-state index in [0.29, 0.717) is 0 Å². The third-order valence-corrected chi connectivity index (χ3v) is 7.94. The Morgan fingerprint density at radius 3 is 1.90 bits per heavy atom. The van der Waals surface area contributed by atoms with Gasteiger partial charge in [-0.2, -0.15) is 0 Å². The van der Waals surface area contributed by atoms with E-state index in [1.807, 2.05) is 5.92 Å².